The summed E-state index contributed by atoms with van der Waals surface area (Å²) in [6, 6.07) is 0. The minimum absolute atomic E-state index is 0.618. The Balaban J connectivity index is 1.45. The van der Waals surface area contributed by atoms with Crippen LogP contribution in [0.3, 0.4) is 0 Å². The van der Waals surface area contributed by atoms with Crippen molar-refractivity contribution in [1.29, 1.82) is 0 Å². The van der Waals surface area contributed by atoms with E-state index in [1.807, 2.05) is 6.92 Å². The van der Waals surface area contributed by atoms with E-state index in [4.69, 9.17) is 4.42 Å². The zero-order valence-electron chi connectivity index (χ0n) is 12.3. The molecule has 0 atom stereocenters. The first-order chi connectivity index (χ1) is 10.3. The first-order valence-corrected chi connectivity index (χ1v) is 8.67. The molecule has 1 fully saturated rings. The highest BCUT2D eigenvalue weighted by atomic mass is 32.2. The molecule has 3 rings (SSSR count). The Morgan fingerprint density at radius 3 is 2.81 bits per heavy atom. The zero-order chi connectivity index (χ0) is 14.5. The predicted molar refractivity (Wildman–Crippen MR) is 79.9 cm³/mol. The Morgan fingerprint density at radius 1 is 1.24 bits per heavy atom. The Kier molecular flexibility index (Phi) is 4.90. The van der Waals surface area contributed by atoms with Crippen molar-refractivity contribution in [2.75, 3.05) is 0 Å². The summed E-state index contributed by atoms with van der Waals surface area (Å²) in [5, 5.41) is 16.0. The third-order valence-electron chi connectivity index (χ3n) is 3.91. The molecule has 0 amide bonds. The van der Waals surface area contributed by atoms with E-state index in [9.17, 15) is 0 Å². The topological polar surface area (TPSA) is 80.5 Å². The number of nitrogens with one attached hydrogen (secondary N) is 1. The third kappa shape index (κ3) is 4.06. The van der Waals surface area contributed by atoms with Crippen molar-refractivity contribution in [3.05, 3.63) is 17.6 Å². The van der Waals surface area contributed by atoms with Crippen molar-refractivity contribution in [3.8, 4) is 0 Å². The fourth-order valence-electron chi connectivity index (χ4n) is 2.71. The van der Waals surface area contributed by atoms with E-state index in [1.54, 1.807) is 0 Å². The van der Waals surface area contributed by atoms with Crippen LogP contribution in [0.4, 0.5) is 0 Å². The molecule has 1 aliphatic carbocycles. The predicted octanol–water partition coefficient (Wildman–Crippen LogP) is 3.17. The van der Waals surface area contributed by atoms with Crippen LogP contribution in [-0.2, 0) is 18.6 Å². The van der Waals surface area contributed by atoms with Gasteiger partial charge < -0.3 is 4.42 Å². The second kappa shape index (κ2) is 7.06. The molecule has 7 heteroatoms. The van der Waals surface area contributed by atoms with E-state index in [0.717, 1.165) is 29.7 Å². The highest BCUT2D eigenvalue weighted by Gasteiger charge is 2.15. The van der Waals surface area contributed by atoms with Crippen LogP contribution in [0.1, 0.15) is 56.6 Å². The van der Waals surface area contributed by atoms with E-state index < -0.39 is 0 Å². The summed E-state index contributed by atoms with van der Waals surface area (Å²) in [6.07, 6.45) is 8.54. The maximum Gasteiger partial charge on any atom is 0.226 e. The minimum Gasteiger partial charge on any atom is -0.424 e. The van der Waals surface area contributed by atoms with Crippen molar-refractivity contribution < 1.29 is 4.42 Å². The molecule has 1 N–H and O–H groups in total. The van der Waals surface area contributed by atoms with Crippen molar-refractivity contribution in [2.45, 2.75) is 62.8 Å². The molecule has 0 spiro atoms. The van der Waals surface area contributed by atoms with Gasteiger partial charge in [0.25, 0.3) is 0 Å². The number of nitrogens with zero attached hydrogens (tertiary/aromatic N) is 4. The fraction of sp³-hybridized carbons (Fsp3) is 0.714. The van der Waals surface area contributed by atoms with Gasteiger partial charge in [0.2, 0.25) is 16.9 Å². The summed E-state index contributed by atoms with van der Waals surface area (Å²) in [6.45, 7) is 2.00. The molecule has 0 saturated heterocycles. The molecule has 6 nitrogen and oxygen atoms in total. The average molecular weight is 307 g/mol. The number of H-pyrrole nitrogens is 1. The summed E-state index contributed by atoms with van der Waals surface area (Å²) in [7, 11) is 0. The third-order valence-corrected chi connectivity index (χ3v) is 4.74. The standard InChI is InChI=1S/C14H21N5OS/c1-2-12-17-18-13(20-12)9-21-14-15-11(16-19-14)8-7-10-5-3-4-6-10/h10H,2-9H2,1H3,(H,15,16,19). The van der Waals surface area contributed by atoms with Crippen molar-refractivity contribution in [2.24, 2.45) is 5.92 Å². The number of aromatic amines is 1. The summed E-state index contributed by atoms with van der Waals surface area (Å²) >= 11 is 1.53. The van der Waals surface area contributed by atoms with Gasteiger partial charge in [0, 0.05) is 12.8 Å². The molecular formula is C14H21N5OS. The van der Waals surface area contributed by atoms with Crippen LogP contribution < -0.4 is 0 Å². The van der Waals surface area contributed by atoms with Crippen molar-refractivity contribution in [1.82, 2.24) is 25.4 Å². The number of aryl methyl sites for hydroxylation is 2. The van der Waals surface area contributed by atoms with Crippen LogP contribution >= 0.6 is 11.8 Å². The summed E-state index contributed by atoms with van der Waals surface area (Å²) in [4.78, 5) is 4.52. The minimum atomic E-state index is 0.618. The molecule has 0 aromatic carbocycles. The second-order valence-corrected chi connectivity index (χ2v) is 6.43. The normalized spacial score (nSPS) is 15.9. The van der Waals surface area contributed by atoms with Gasteiger partial charge in [0.15, 0.2) is 0 Å². The molecule has 0 aliphatic heterocycles. The number of rotatable bonds is 7. The summed E-state index contributed by atoms with van der Waals surface area (Å²) in [5.41, 5.74) is 0. The van der Waals surface area contributed by atoms with Gasteiger partial charge in [-0.15, -0.1) is 15.3 Å². The van der Waals surface area contributed by atoms with Crippen molar-refractivity contribution in [3.63, 3.8) is 0 Å². The maximum atomic E-state index is 5.47. The summed E-state index contributed by atoms with van der Waals surface area (Å²) in [5.74, 6) is 3.81. The molecule has 1 aliphatic rings. The number of aromatic nitrogens is 5. The molecule has 2 heterocycles. The molecule has 0 bridgehead atoms. The van der Waals surface area contributed by atoms with Crippen LogP contribution in [0, 0.1) is 5.92 Å². The van der Waals surface area contributed by atoms with Crippen LogP contribution in [0.2, 0.25) is 0 Å². The van der Waals surface area contributed by atoms with Gasteiger partial charge in [-0.05, 0) is 12.3 Å². The smallest absolute Gasteiger partial charge is 0.226 e. The van der Waals surface area contributed by atoms with Crippen LogP contribution in [-0.4, -0.2) is 25.4 Å². The largest absolute Gasteiger partial charge is 0.424 e. The van der Waals surface area contributed by atoms with Gasteiger partial charge in [0.1, 0.15) is 5.82 Å². The van der Waals surface area contributed by atoms with E-state index in [-0.39, 0.29) is 0 Å². The Labute approximate surface area is 128 Å². The molecule has 2 aromatic heterocycles. The van der Waals surface area contributed by atoms with Gasteiger partial charge in [-0.3, -0.25) is 5.10 Å². The van der Waals surface area contributed by atoms with Gasteiger partial charge in [-0.1, -0.05) is 44.4 Å². The molecule has 114 valence electrons. The number of thioether (sulfide) groups is 1. The zero-order valence-corrected chi connectivity index (χ0v) is 13.2. The van der Waals surface area contributed by atoms with Crippen LogP contribution in [0.25, 0.3) is 0 Å². The van der Waals surface area contributed by atoms with E-state index in [2.05, 4.69) is 25.4 Å². The monoisotopic (exact) mass is 307 g/mol. The molecule has 0 radical (unpaired) electrons. The molecule has 21 heavy (non-hydrogen) atoms. The lowest BCUT2D eigenvalue weighted by Crippen LogP contribution is -1.97. The van der Waals surface area contributed by atoms with E-state index in [0.29, 0.717) is 17.5 Å². The first-order valence-electron chi connectivity index (χ1n) is 7.69. The highest BCUT2D eigenvalue weighted by molar-refractivity contribution is 7.98. The van der Waals surface area contributed by atoms with Crippen LogP contribution in [0.15, 0.2) is 9.57 Å². The molecule has 1 saturated carbocycles. The Morgan fingerprint density at radius 2 is 2.05 bits per heavy atom. The second-order valence-electron chi connectivity index (χ2n) is 5.49. The van der Waals surface area contributed by atoms with E-state index >= 15 is 0 Å². The number of hydrogen-bond acceptors (Lipinski definition) is 6. The first kappa shape index (κ1) is 14.6. The van der Waals surface area contributed by atoms with Gasteiger partial charge >= 0.3 is 0 Å². The van der Waals surface area contributed by atoms with Crippen LogP contribution in [0.5, 0.6) is 0 Å². The highest BCUT2D eigenvalue weighted by Crippen LogP contribution is 2.28. The number of hydrogen-bond donors (Lipinski definition) is 1. The SMILES string of the molecule is CCc1nnc(CSc2n[nH]c(CCC3CCCC3)n2)o1. The van der Waals surface area contributed by atoms with Gasteiger partial charge in [-0.2, -0.15) is 0 Å². The lowest BCUT2D eigenvalue weighted by molar-refractivity contribution is 0.470. The van der Waals surface area contributed by atoms with Crippen molar-refractivity contribution >= 4 is 11.8 Å². The maximum absolute atomic E-state index is 5.47. The lowest BCUT2D eigenvalue weighted by Gasteiger charge is -2.05. The fourth-order valence-corrected chi connectivity index (χ4v) is 3.36. The molecular weight excluding hydrogens is 286 g/mol. The Hall–Kier alpha value is -1.37. The Bertz CT molecular complexity index is 561. The lowest BCUT2D eigenvalue weighted by atomic mass is 10.0. The quantitative estimate of drug-likeness (QED) is 0.791. The average Bonchev–Trinajstić information content (AvgIpc) is 3.24. The van der Waals surface area contributed by atoms with Gasteiger partial charge in [-0.25, -0.2) is 4.98 Å². The summed E-state index contributed by atoms with van der Waals surface area (Å²) < 4.78 is 5.47. The van der Waals surface area contributed by atoms with Gasteiger partial charge in [0.05, 0.1) is 5.75 Å². The molecule has 2 aromatic rings. The molecule has 0 unspecified atom stereocenters. The van der Waals surface area contributed by atoms with E-state index in [1.165, 1.54) is 43.9 Å².